The first-order chi connectivity index (χ1) is 10.7. The number of para-hydroxylation sites is 1. The van der Waals surface area contributed by atoms with E-state index in [-0.39, 0.29) is 18.3 Å². The Hall–Kier alpha value is -2.20. The number of carbonyl (C=O) groups is 1. The normalized spacial score (nSPS) is 14.3. The Balaban J connectivity index is 0.00000192. The molecule has 0 spiro atoms. The van der Waals surface area contributed by atoms with Gasteiger partial charge in [0, 0.05) is 37.6 Å². The summed E-state index contributed by atoms with van der Waals surface area (Å²) in [6.07, 6.45) is 0.427. The maximum absolute atomic E-state index is 12.4. The van der Waals surface area contributed by atoms with Crippen molar-refractivity contribution in [3.63, 3.8) is 0 Å². The van der Waals surface area contributed by atoms with Crippen molar-refractivity contribution < 1.29 is 4.79 Å². The molecule has 0 bridgehead atoms. The molecule has 2 aromatic carbocycles. The van der Waals surface area contributed by atoms with Gasteiger partial charge in [-0.3, -0.25) is 4.79 Å². The van der Waals surface area contributed by atoms with Gasteiger partial charge in [0.25, 0.3) is 0 Å². The summed E-state index contributed by atoms with van der Waals surface area (Å²) in [5, 5.41) is 0. The van der Waals surface area contributed by atoms with Crippen LogP contribution in [0.3, 0.4) is 0 Å². The number of nitrogens with two attached hydrogens (primary N) is 1. The Labute approximate surface area is 143 Å². The maximum atomic E-state index is 12.4. The number of hydrogen-bond donors (Lipinski definition) is 1. The molecule has 23 heavy (non-hydrogen) atoms. The van der Waals surface area contributed by atoms with Crippen LogP contribution in [0.1, 0.15) is 5.56 Å². The molecule has 1 saturated heterocycles. The SMILES string of the molecule is Cl.Nc1cccc(CC(=O)N2CCN(c3ccccc3)CC2)c1. The van der Waals surface area contributed by atoms with Crippen molar-refractivity contribution in [1.29, 1.82) is 0 Å². The topological polar surface area (TPSA) is 49.6 Å². The Bertz CT molecular complexity index is 640. The van der Waals surface area contributed by atoms with Crippen molar-refractivity contribution in [1.82, 2.24) is 4.90 Å². The number of hydrogen-bond acceptors (Lipinski definition) is 3. The third kappa shape index (κ3) is 4.39. The van der Waals surface area contributed by atoms with Gasteiger partial charge in [0.1, 0.15) is 0 Å². The zero-order valence-electron chi connectivity index (χ0n) is 13.0. The summed E-state index contributed by atoms with van der Waals surface area (Å²) in [5.74, 6) is 0.179. The first-order valence-corrected chi connectivity index (χ1v) is 7.64. The zero-order valence-corrected chi connectivity index (χ0v) is 13.8. The minimum atomic E-state index is 0. The highest BCUT2D eigenvalue weighted by molar-refractivity contribution is 5.85. The number of piperazine rings is 1. The lowest BCUT2D eigenvalue weighted by atomic mass is 10.1. The number of amides is 1. The Morgan fingerprint density at radius 2 is 1.65 bits per heavy atom. The maximum Gasteiger partial charge on any atom is 0.227 e. The van der Waals surface area contributed by atoms with Gasteiger partial charge in [0.2, 0.25) is 5.91 Å². The fourth-order valence-electron chi connectivity index (χ4n) is 2.84. The van der Waals surface area contributed by atoms with Crippen LogP contribution in [0.25, 0.3) is 0 Å². The van der Waals surface area contributed by atoms with E-state index in [4.69, 9.17) is 5.73 Å². The molecule has 3 rings (SSSR count). The molecule has 2 aromatic rings. The second-order valence-electron chi connectivity index (χ2n) is 5.63. The van der Waals surface area contributed by atoms with Crippen LogP contribution in [0.4, 0.5) is 11.4 Å². The van der Waals surface area contributed by atoms with Gasteiger partial charge in [-0.1, -0.05) is 30.3 Å². The summed E-state index contributed by atoms with van der Waals surface area (Å²) in [5.41, 5.74) is 8.68. The van der Waals surface area contributed by atoms with Crippen LogP contribution >= 0.6 is 12.4 Å². The highest BCUT2D eigenvalue weighted by Crippen LogP contribution is 2.16. The average molecular weight is 332 g/mol. The molecule has 0 atom stereocenters. The van der Waals surface area contributed by atoms with E-state index >= 15 is 0 Å². The number of rotatable bonds is 3. The van der Waals surface area contributed by atoms with Crippen LogP contribution < -0.4 is 10.6 Å². The van der Waals surface area contributed by atoms with Crippen LogP contribution in [-0.4, -0.2) is 37.0 Å². The van der Waals surface area contributed by atoms with Gasteiger partial charge in [-0.2, -0.15) is 0 Å². The summed E-state index contributed by atoms with van der Waals surface area (Å²) < 4.78 is 0. The lowest BCUT2D eigenvalue weighted by Gasteiger charge is -2.36. The molecule has 0 aliphatic carbocycles. The average Bonchev–Trinajstić information content (AvgIpc) is 2.56. The van der Waals surface area contributed by atoms with E-state index in [0.717, 1.165) is 31.7 Å². The predicted molar refractivity (Wildman–Crippen MR) is 97.0 cm³/mol. The fourth-order valence-corrected chi connectivity index (χ4v) is 2.84. The molecule has 5 heteroatoms. The molecule has 2 N–H and O–H groups in total. The van der Waals surface area contributed by atoms with E-state index in [0.29, 0.717) is 12.1 Å². The summed E-state index contributed by atoms with van der Waals surface area (Å²) in [6, 6.07) is 17.9. The molecule has 4 nitrogen and oxygen atoms in total. The smallest absolute Gasteiger partial charge is 0.227 e. The Morgan fingerprint density at radius 3 is 2.30 bits per heavy atom. The van der Waals surface area contributed by atoms with Crippen molar-refractivity contribution in [3.05, 3.63) is 60.2 Å². The lowest BCUT2D eigenvalue weighted by molar-refractivity contribution is -0.130. The van der Waals surface area contributed by atoms with Gasteiger partial charge in [0.15, 0.2) is 0 Å². The van der Waals surface area contributed by atoms with Gasteiger partial charge in [-0.25, -0.2) is 0 Å². The Kier molecular flexibility index (Phi) is 5.88. The van der Waals surface area contributed by atoms with E-state index in [2.05, 4.69) is 17.0 Å². The molecule has 1 heterocycles. The number of halogens is 1. The molecular weight excluding hydrogens is 310 g/mol. The molecule has 1 aliphatic heterocycles. The summed E-state index contributed by atoms with van der Waals surface area (Å²) in [4.78, 5) is 16.7. The van der Waals surface area contributed by atoms with Crippen molar-refractivity contribution in [3.8, 4) is 0 Å². The van der Waals surface area contributed by atoms with Crippen LogP contribution in [0, 0.1) is 0 Å². The third-order valence-electron chi connectivity index (χ3n) is 4.06. The van der Waals surface area contributed by atoms with Gasteiger partial charge in [0.05, 0.1) is 6.42 Å². The van der Waals surface area contributed by atoms with E-state index in [1.807, 2.05) is 47.4 Å². The van der Waals surface area contributed by atoms with E-state index in [9.17, 15) is 4.79 Å². The Morgan fingerprint density at radius 1 is 0.957 bits per heavy atom. The van der Waals surface area contributed by atoms with Gasteiger partial charge in [-0.15, -0.1) is 12.4 Å². The second kappa shape index (κ2) is 7.88. The first-order valence-electron chi connectivity index (χ1n) is 7.64. The predicted octanol–water partition coefficient (Wildman–Crippen LogP) is 2.58. The minimum Gasteiger partial charge on any atom is -0.399 e. The number of nitrogen functional groups attached to an aromatic ring is 1. The van der Waals surface area contributed by atoms with Crippen molar-refractivity contribution in [2.24, 2.45) is 0 Å². The molecule has 0 aromatic heterocycles. The molecule has 1 aliphatic rings. The number of nitrogens with zero attached hydrogens (tertiary/aromatic N) is 2. The molecule has 1 fully saturated rings. The molecule has 122 valence electrons. The molecule has 0 unspecified atom stereocenters. The molecule has 0 radical (unpaired) electrons. The standard InChI is InChI=1S/C18H21N3O.ClH/c19-16-6-4-5-15(13-16)14-18(22)21-11-9-20(10-12-21)17-7-2-1-3-8-17;/h1-8,13H,9-12,14,19H2;1H. The van der Waals surface area contributed by atoms with Gasteiger partial charge < -0.3 is 15.5 Å². The largest absolute Gasteiger partial charge is 0.399 e. The van der Waals surface area contributed by atoms with E-state index < -0.39 is 0 Å². The zero-order chi connectivity index (χ0) is 15.4. The highest BCUT2D eigenvalue weighted by atomic mass is 35.5. The van der Waals surface area contributed by atoms with Crippen molar-refractivity contribution in [2.75, 3.05) is 36.8 Å². The van der Waals surface area contributed by atoms with Crippen molar-refractivity contribution in [2.45, 2.75) is 6.42 Å². The second-order valence-corrected chi connectivity index (χ2v) is 5.63. The summed E-state index contributed by atoms with van der Waals surface area (Å²) >= 11 is 0. The molecular formula is C18H22ClN3O. The van der Waals surface area contributed by atoms with Crippen LogP contribution in [0.2, 0.25) is 0 Å². The van der Waals surface area contributed by atoms with Gasteiger partial charge >= 0.3 is 0 Å². The van der Waals surface area contributed by atoms with E-state index in [1.165, 1.54) is 5.69 Å². The third-order valence-corrected chi connectivity index (χ3v) is 4.06. The first kappa shape index (κ1) is 17.2. The number of anilines is 2. The van der Waals surface area contributed by atoms with Gasteiger partial charge in [-0.05, 0) is 29.8 Å². The highest BCUT2D eigenvalue weighted by Gasteiger charge is 2.21. The quantitative estimate of drug-likeness (QED) is 0.879. The number of benzene rings is 2. The number of carbonyl (C=O) groups excluding carboxylic acids is 1. The monoisotopic (exact) mass is 331 g/mol. The van der Waals surface area contributed by atoms with Crippen LogP contribution in [0.15, 0.2) is 54.6 Å². The molecule has 0 saturated carbocycles. The molecule has 1 amide bonds. The minimum absolute atomic E-state index is 0. The summed E-state index contributed by atoms with van der Waals surface area (Å²) in [6.45, 7) is 3.31. The summed E-state index contributed by atoms with van der Waals surface area (Å²) in [7, 11) is 0. The lowest BCUT2D eigenvalue weighted by Crippen LogP contribution is -2.49. The van der Waals surface area contributed by atoms with Crippen LogP contribution in [0.5, 0.6) is 0 Å². The fraction of sp³-hybridized carbons (Fsp3) is 0.278. The van der Waals surface area contributed by atoms with Crippen LogP contribution in [-0.2, 0) is 11.2 Å². The van der Waals surface area contributed by atoms with Crippen molar-refractivity contribution >= 4 is 29.7 Å². The van der Waals surface area contributed by atoms with E-state index in [1.54, 1.807) is 0 Å².